The van der Waals surface area contributed by atoms with E-state index >= 15 is 0 Å². The Kier molecular flexibility index (Phi) is 24.2. The summed E-state index contributed by atoms with van der Waals surface area (Å²) in [5, 5.41) is 3.21. The second-order valence-corrected chi connectivity index (χ2v) is 7.82. The van der Waals surface area contributed by atoms with Gasteiger partial charge >= 0.3 is 10.4 Å². The van der Waals surface area contributed by atoms with Crippen molar-refractivity contribution in [2.45, 2.75) is 96.8 Å². The number of hydrogen-bond acceptors (Lipinski definition) is 4. The first-order chi connectivity index (χ1) is 12.5. The fraction of sp³-hybridized carbons (Fsp3) is 0.900. The molecule has 6 heteroatoms. The van der Waals surface area contributed by atoms with E-state index in [4.69, 9.17) is 4.55 Å². The molecular weight excluding hydrogens is 350 g/mol. The number of rotatable bonds is 17. The van der Waals surface area contributed by atoms with Crippen LogP contribution in [-0.4, -0.2) is 33.7 Å². The number of unbranched alkanes of at least 4 members (excludes halogenated alkanes) is 12. The van der Waals surface area contributed by atoms with Gasteiger partial charge in [0.1, 0.15) is 0 Å². The van der Waals surface area contributed by atoms with Gasteiger partial charge in [-0.25, -0.2) is 0 Å². The molecule has 0 aromatic heterocycles. The molecule has 0 saturated heterocycles. The van der Waals surface area contributed by atoms with E-state index < -0.39 is 10.4 Å². The number of allylic oxidation sites excluding steroid dienone is 2. The molecule has 158 valence electrons. The van der Waals surface area contributed by atoms with Crippen molar-refractivity contribution >= 4 is 10.4 Å². The molecule has 0 aliphatic heterocycles. The molecular formula is C20H43NO4S. The van der Waals surface area contributed by atoms with Crippen LogP contribution in [0.15, 0.2) is 12.2 Å². The zero-order valence-corrected chi connectivity index (χ0v) is 18.2. The molecule has 0 aromatic rings. The van der Waals surface area contributed by atoms with Crippen molar-refractivity contribution in [1.82, 2.24) is 5.32 Å². The Hall–Kier alpha value is -0.430. The van der Waals surface area contributed by atoms with Crippen LogP contribution in [0.5, 0.6) is 0 Å². The first kappa shape index (κ1) is 27.8. The standard InChI is InChI=1S/C19H39N.CH4O4S/c1-3-4-5-6-7-8-9-10-11-12-13-14-15-16-17-18-19-20-2;1-5-6(2,3)4/h10-11,20H,3-9,12-19H2,1-2H3;1H3,(H,2,3,4)/b11-10-;. The molecule has 0 aliphatic rings. The van der Waals surface area contributed by atoms with E-state index in [0.717, 1.165) is 7.11 Å². The van der Waals surface area contributed by atoms with Gasteiger partial charge in [-0.2, -0.15) is 8.42 Å². The third kappa shape index (κ3) is 31.4. The van der Waals surface area contributed by atoms with Crippen molar-refractivity contribution in [2.75, 3.05) is 20.7 Å². The molecule has 2 N–H and O–H groups in total. The summed E-state index contributed by atoms with van der Waals surface area (Å²) in [4.78, 5) is 0. The highest BCUT2D eigenvalue weighted by Crippen LogP contribution is 2.09. The molecule has 0 aliphatic carbocycles. The van der Waals surface area contributed by atoms with Crippen molar-refractivity contribution in [2.24, 2.45) is 0 Å². The van der Waals surface area contributed by atoms with Crippen LogP contribution in [0.2, 0.25) is 0 Å². The van der Waals surface area contributed by atoms with Crippen molar-refractivity contribution in [1.29, 1.82) is 0 Å². The minimum atomic E-state index is -4.16. The summed E-state index contributed by atoms with van der Waals surface area (Å²) in [6.45, 7) is 3.46. The van der Waals surface area contributed by atoms with Crippen LogP contribution < -0.4 is 5.32 Å². The second kappa shape index (κ2) is 22.6. The van der Waals surface area contributed by atoms with Crippen LogP contribution in [0.1, 0.15) is 96.8 Å². The van der Waals surface area contributed by atoms with Crippen molar-refractivity contribution in [3.63, 3.8) is 0 Å². The van der Waals surface area contributed by atoms with Crippen LogP contribution in [-0.2, 0) is 14.6 Å². The predicted octanol–water partition coefficient (Wildman–Crippen LogP) is 5.68. The SMILES string of the molecule is CCCCCCCC/C=C\CCCCCCCCNC.COS(=O)(=O)O. The van der Waals surface area contributed by atoms with Gasteiger partial charge in [0.15, 0.2) is 0 Å². The summed E-state index contributed by atoms with van der Waals surface area (Å²) >= 11 is 0. The van der Waals surface area contributed by atoms with Crippen molar-refractivity contribution < 1.29 is 17.2 Å². The highest BCUT2D eigenvalue weighted by atomic mass is 32.3. The van der Waals surface area contributed by atoms with Crippen LogP contribution in [0, 0.1) is 0 Å². The Labute approximate surface area is 162 Å². The Morgan fingerprint density at radius 1 is 0.808 bits per heavy atom. The molecule has 0 heterocycles. The van der Waals surface area contributed by atoms with Crippen LogP contribution >= 0.6 is 0 Å². The highest BCUT2D eigenvalue weighted by Gasteiger charge is 1.94. The van der Waals surface area contributed by atoms with Crippen LogP contribution in [0.4, 0.5) is 0 Å². The number of hydrogen-bond donors (Lipinski definition) is 2. The van der Waals surface area contributed by atoms with Gasteiger partial charge < -0.3 is 5.32 Å². The van der Waals surface area contributed by atoms with Gasteiger partial charge in [0, 0.05) is 0 Å². The lowest BCUT2D eigenvalue weighted by atomic mass is 10.1. The van der Waals surface area contributed by atoms with Gasteiger partial charge in [0.05, 0.1) is 7.11 Å². The fourth-order valence-electron chi connectivity index (χ4n) is 2.55. The molecule has 0 unspecified atom stereocenters. The second-order valence-electron chi connectivity index (χ2n) is 6.64. The largest absolute Gasteiger partial charge is 0.397 e. The lowest BCUT2D eigenvalue weighted by Gasteiger charge is -2.00. The van der Waals surface area contributed by atoms with E-state index in [2.05, 4.69) is 28.6 Å². The van der Waals surface area contributed by atoms with E-state index in [1.807, 2.05) is 7.05 Å². The molecule has 0 radical (unpaired) electrons. The summed E-state index contributed by atoms with van der Waals surface area (Å²) < 4.78 is 29.7. The average molecular weight is 394 g/mol. The van der Waals surface area contributed by atoms with Crippen molar-refractivity contribution in [3.05, 3.63) is 12.2 Å². The molecule has 5 nitrogen and oxygen atoms in total. The molecule has 0 amide bonds. The predicted molar refractivity (Wildman–Crippen MR) is 112 cm³/mol. The maximum atomic E-state index is 9.33. The quantitative estimate of drug-likeness (QED) is 0.189. The van der Waals surface area contributed by atoms with Crippen LogP contribution in [0.25, 0.3) is 0 Å². The van der Waals surface area contributed by atoms with E-state index in [1.165, 1.54) is 96.4 Å². The fourth-order valence-corrected chi connectivity index (χ4v) is 2.55. The van der Waals surface area contributed by atoms with Gasteiger partial charge in [0.2, 0.25) is 0 Å². The average Bonchev–Trinajstić information content (AvgIpc) is 2.61. The maximum absolute atomic E-state index is 9.33. The lowest BCUT2D eigenvalue weighted by Crippen LogP contribution is -2.06. The van der Waals surface area contributed by atoms with Gasteiger partial charge in [-0.05, 0) is 45.7 Å². The minimum Gasteiger partial charge on any atom is -0.320 e. The molecule has 0 rings (SSSR count). The normalized spacial score (nSPS) is 11.5. The molecule has 26 heavy (non-hydrogen) atoms. The number of nitrogens with one attached hydrogen (secondary N) is 1. The summed E-state index contributed by atoms with van der Waals surface area (Å²) in [6.07, 6.45) is 24.3. The maximum Gasteiger partial charge on any atom is 0.397 e. The first-order valence-corrected chi connectivity index (χ1v) is 11.7. The summed E-state index contributed by atoms with van der Waals surface area (Å²) in [6, 6.07) is 0. The summed E-state index contributed by atoms with van der Waals surface area (Å²) in [7, 11) is -1.25. The third-order valence-electron chi connectivity index (χ3n) is 4.15. The topological polar surface area (TPSA) is 75.6 Å². The van der Waals surface area contributed by atoms with E-state index in [9.17, 15) is 8.42 Å². The molecule has 0 atom stereocenters. The summed E-state index contributed by atoms with van der Waals surface area (Å²) in [5.41, 5.74) is 0. The van der Waals surface area contributed by atoms with E-state index in [-0.39, 0.29) is 0 Å². The molecule has 0 fully saturated rings. The molecule has 0 saturated carbocycles. The van der Waals surface area contributed by atoms with Gasteiger partial charge in [-0.3, -0.25) is 8.74 Å². The Balaban J connectivity index is 0. The molecule has 0 aromatic carbocycles. The molecule has 0 spiro atoms. The highest BCUT2D eigenvalue weighted by molar-refractivity contribution is 7.80. The van der Waals surface area contributed by atoms with Crippen LogP contribution in [0.3, 0.4) is 0 Å². The van der Waals surface area contributed by atoms with E-state index in [1.54, 1.807) is 0 Å². The van der Waals surface area contributed by atoms with Gasteiger partial charge in [-0.1, -0.05) is 76.9 Å². The monoisotopic (exact) mass is 393 g/mol. The van der Waals surface area contributed by atoms with E-state index in [0.29, 0.717) is 0 Å². The third-order valence-corrected chi connectivity index (χ3v) is 4.57. The van der Waals surface area contributed by atoms with Crippen molar-refractivity contribution in [3.8, 4) is 0 Å². The lowest BCUT2D eigenvalue weighted by molar-refractivity contribution is 0.324. The zero-order valence-electron chi connectivity index (χ0n) is 17.3. The first-order valence-electron chi connectivity index (χ1n) is 10.3. The molecule has 0 bridgehead atoms. The van der Waals surface area contributed by atoms with Gasteiger partial charge in [0.25, 0.3) is 0 Å². The Morgan fingerprint density at radius 3 is 1.58 bits per heavy atom. The Bertz CT molecular complexity index is 383. The smallest absolute Gasteiger partial charge is 0.320 e. The Morgan fingerprint density at radius 2 is 1.19 bits per heavy atom. The summed E-state index contributed by atoms with van der Waals surface area (Å²) in [5.74, 6) is 0. The minimum absolute atomic E-state index is 0.870. The van der Waals surface area contributed by atoms with Gasteiger partial charge in [-0.15, -0.1) is 0 Å². The zero-order chi connectivity index (χ0) is 19.9.